The van der Waals surface area contributed by atoms with Crippen LogP contribution in [0.5, 0.6) is 0 Å². The van der Waals surface area contributed by atoms with Gasteiger partial charge in [0.1, 0.15) is 37.2 Å². The fourth-order valence-electron chi connectivity index (χ4n) is 7.67. The van der Waals surface area contributed by atoms with Crippen LogP contribution in [0.25, 0.3) is 44.6 Å². The van der Waals surface area contributed by atoms with Gasteiger partial charge in [-0.1, -0.05) is 104 Å². The molecule has 0 amide bonds. The van der Waals surface area contributed by atoms with Crippen molar-refractivity contribution in [2.45, 2.75) is 19.3 Å². The highest BCUT2D eigenvalue weighted by molar-refractivity contribution is 6.65. The number of hydrogen-bond donors (Lipinski definition) is 0. The third-order valence-electron chi connectivity index (χ3n) is 10.2. The molecule has 0 N–H and O–H groups in total. The summed E-state index contributed by atoms with van der Waals surface area (Å²) in [6, 6.07) is 36.9. The summed E-state index contributed by atoms with van der Waals surface area (Å²) < 4.78 is 0. The zero-order valence-corrected chi connectivity index (χ0v) is 27.6. The Labute approximate surface area is 297 Å². The number of allylic oxidation sites excluding steroid dienone is 1. The van der Waals surface area contributed by atoms with Gasteiger partial charge in [0.05, 0.1) is 22.4 Å². The number of para-hydroxylation sites is 1. The van der Waals surface area contributed by atoms with E-state index in [9.17, 15) is 0 Å². The molecule has 226 valence electrons. The van der Waals surface area contributed by atoms with Gasteiger partial charge in [-0.15, -0.1) is 10.9 Å². The summed E-state index contributed by atoms with van der Waals surface area (Å²) in [7, 11) is 27.4. The van der Waals surface area contributed by atoms with Crippen LogP contribution in [0.1, 0.15) is 36.1 Å². The Kier molecular flexibility index (Phi) is 6.83. The maximum atomic E-state index is 7.06. The first kappa shape index (κ1) is 30.4. The normalized spacial score (nSPS) is 14.2. The topological polar surface area (TPSA) is 41.9 Å². The van der Waals surface area contributed by atoms with Gasteiger partial charge in [-0.25, -0.2) is 4.98 Å². The Morgan fingerprint density at radius 1 is 0.580 bits per heavy atom. The number of benzene rings is 4. The van der Waals surface area contributed by atoms with Crippen LogP contribution in [0.3, 0.4) is 0 Å². The summed E-state index contributed by atoms with van der Waals surface area (Å²) in [6.45, 7) is 4.40. The van der Waals surface area contributed by atoms with Crippen LogP contribution < -0.4 is 26.8 Å². The zero-order chi connectivity index (χ0) is 34.3. The molecule has 0 saturated carbocycles. The molecule has 0 unspecified atom stereocenters. The number of nitrogens with zero attached hydrogens (tertiary/aromatic N) is 4. The minimum atomic E-state index is -0.529. The molecule has 8 radical (unpaired) electrons. The lowest BCUT2D eigenvalue weighted by molar-refractivity contribution is 0.700. The molecule has 4 aromatic carbocycles. The van der Waals surface area contributed by atoms with Gasteiger partial charge in [0.15, 0.2) is 0 Å². The molecule has 9 rings (SSSR count). The first-order valence-corrected chi connectivity index (χ1v) is 16.5. The SMILES string of the molecule is [B]c1c([B])c([B])c2c(c1[B])C1=C(c3ccccc3N2c2ccc3ncc(-c4ccccc4)cc3n2)c2cc(-c3ccccc3)ncc2C1(C)C. The van der Waals surface area contributed by atoms with Crippen LogP contribution in [0, 0.1) is 0 Å². The van der Waals surface area contributed by atoms with Gasteiger partial charge >= 0.3 is 0 Å². The lowest BCUT2D eigenvalue weighted by Gasteiger charge is -2.34. The van der Waals surface area contributed by atoms with Crippen molar-refractivity contribution in [1.29, 1.82) is 0 Å². The van der Waals surface area contributed by atoms with Crippen molar-refractivity contribution in [1.82, 2.24) is 15.0 Å². The lowest BCUT2D eigenvalue weighted by atomic mass is 9.62. The summed E-state index contributed by atoms with van der Waals surface area (Å²) >= 11 is 0. The van der Waals surface area contributed by atoms with Crippen LogP contribution >= 0.6 is 0 Å². The van der Waals surface area contributed by atoms with Gasteiger partial charge in [0.25, 0.3) is 0 Å². The first-order chi connectivity index (χ1) is 24.2. The molecule has 8 heteroatoms. The molecule has 4 nitrogen and oxygen atoms in total. The summed E-state index contributed by atoms with van der Waals surface area (Å²) in [5.74, 6) is 0.646. The monoisotopic (exact) mass is 630 g/mol. The summed E-state index contributed by atoms with van der Waals surface area (Å²) in [5.41, 5.74) is 13.7. The largest absolute Gasteiger partial charge is 0.294 e. The quantitative estimate of drug-likeness (QED) is 0.240. The average molecular weight is 630 g/mol. The molecule has 1 aliphatic carbocycles. The van der Waals surface area contributed by atoms with E-state index in [1.165, 1.54) is 0 Å². The van der Waals surface area contributed by atoms with Crippen LogP contribution in [0.15, 0.2) is 122 Å². The van der Waals surface area contributed by atoms with E-state index >= 15 is 0 Å². The van der Waals surface area contributed by atoms with Gasteiger partial charge in [-0.2, -0.15) is 0 Å². The number of rotatable bonds is 3. The number of hydrogen-bond acceptors (Lipinski definition) is 4. The molecule has 0 bridgehead atoms. The highest BCUT2D eigenvalue weighted by Gasteiger charge is 2.44. The average Bonchev–Trinajstić information content (AvgIpc) is 3.28. The van der Waals surface area contributed by atoms with E-state index in [0.29, 0.717) is 22.4 Å². The molecule has 2 aliphatic rings. The van der Waals surface area contributed by atoms with E-state index in [1.807, 2.05) is 67.0 Å². The second-order valence-corrected chi connectivity index (χ2v) is 13.4. The molecule has 0 saturated heterocycles. The summed E-state index contributed by atoms with van der Waals surface area (Å²) in [5, 5.41) is 0. The van der Waals surface area contributed by atoms with Crippen molar-refractivity contribution < 1.29 is 0 Å². The first-order valence-electron chi connectivity index (χ1n) is 16.5. The molecular formula is C42H26B4N4. The molecule has 7 aromatic rings. The Morgan fingerprint density at radius 3 is 2.02 bits per heavy atom. The highest BCUT2D eigenvalue weighted by Crippen LogP contribution is 2.58. The Balaban J connectivity index is 1.36. The van der Waals surface area contributed by atoms with Crippen LogP contribution in [-0.4, -0.2) is 46.3 Å². The molecule has 4 heterocycles. The molecule has 1 aliphatic heterocycles. The maximum absolute atomic E-state index is 7.06. The molecule has 50 heavy (non-hydrogen) atoms. The van der Waals surface area contributed by atoms with Gasteiger partial charge < -0.3 is 0 Å². The van der Waals surface area contributed by atoms with E-state index in [2.05, 4.69) is 73.3 Å². The number of aromatic nitrogens is 3. The number of fused-ring (bicyclic) bond motifs is 7. The molecule has 0 atom stereocenters. The Bertz CT molecular complexity index is 2560. The zero-order valence-electron chi connectivity index (χ0n) is 27.6. The fraction of sp³-hybridized carbons (Fsp3) is 0.0714. The second-order valence-electron chi connectivity index (χ2n) is 13.4. The van der Waals surface area contributed by atoms with E-state index < -0.39 is 5.41 Å². The third-order valence-corrected chi connectivity index (χ3v) is 10.2. The van der Waals surface area contributed by atoms with Crippen molar-refractivity contribution in [3.05, 3.63) is 144 Å². The lowest BCUT2D eigenvalue weighted by Crippen LogP contribution is -2.51. The van der Waals surface area contributed by atoms with E-state index in [1.54, 1.807) is 0 Å². The van der Waals surface area contributed by atoms with E-state index in [-0.39, 0.29) is 10.9 Å². The van der Waals surface area contributed by atoms with Crippen LogP contribution in [-0.2, 0) is 5.41 Å². The van der Waals surface area contributed by atoms with Gasteiger partial charge in [-0.05, 0) is 63.7 Å². The number of anilines is 3. The molecule has 0 spiro atoms. The Morgan fingerprint density at radius 2 is 1.26 bits per heavy atom. The molecule has 3 aromatic heterocycles. The van der Waals surface area contributed by atoms with Crippen molar-refractivity contribution in [3.63, 3.8) is 0 Å². The minimum Gasteiger partial charge on any atom is -0.294 e. The van der Waals surface area contributed by atoms with Crippen molar-refractivity contribution in [2.75, 3.05) is 4.90 Å². The third kappa shape index (κ3) is 4.41. The van der Waals surface area contributed by atoms with Crippen molar-refractivity contribution in [2.24, 2.45) is 0 Å². The summed E-state index contributed by atoms with van der Waals surface area (Å²) in [4.78, 5) is 17.0. The minimum absolute atomic E-state index is 0.239. The summed E-state index contributed by atoms with van der Waals surface area (Å²) in [6.07, 6.45) is 3.87. The van der Waals surface area contributed by atoms with E-state index in [0.717, 1.165) is 72.5 Å². The molecule has 0 fully saturated rings. The van der Waals surface area contributed by atoms with Gasteiger partial charge in [0, 0.05) is 40.2 Å². The smallest absolute Gasteiger partial charge is 0.138 e. The number of pyridine rings is 3. The van der Waals surface area contributed by atoms with Crippen molar-refractivity contribution >= 4 is 92.6 Å². The van der Waals surface area contributed by atoms with Gasteiger partial charge in [-0.3, -0.25) is 14.9 Å². The predicted molar refractivity (Wildman–Crippen MR) is 210 cm³/mol. The molecular weight excluding hydrogens is 604 g/mol. The van der Waals surface area contributed by atoms with Crippen molar-refractivity contribution in [3.8, 4) is 22.4 Å². The maximum Gasteiger partial charge on any atom is 0.138 e. The van der Waals surface area contributed by atoms with Crippen LogP contribution in [0.4, 0.5) is 17.2 Å². The standard InChI is InChI=1S/C42H26B4N4/c1-42(2)28-22-48-30(24-13-7-4-8-14-24)20-27(28)34-26-15-9-10-16-32(26)50(41-35(36(34)42)37(43)38(44)39(45)40(41)46)33-18-17-29-31(49-33)19-25(21-47-29)23-11-5-3-6-12-23/h3-22H,1-2H3. The predicted octanol–water partition coefficient (Wildman–Crippen LogP) is 5.57. The highest BCUT2D eigenvalue weighted by atomic mass is 15.2. The fourth-order valence-corrected chi connectivity index (χ4v) is 7.67. The Hall–Kier alpha value is -5.61. The van der Waals surface area contributed by atoms with E-state index in [4.69, 9.17) is 46.3 Å². The second kappa shape index (κ2) is 11.2. The van der Waals surface area contributed by atoms with Gasteiger partial charge in [0.2, 0.25) is 0 Å². The van der Waals surface area contributed by atoms with Crippen LogP contribution in [0.2, 0.25) is 0 Å².